The zero-order valence-corrected chi connectivity index (χ0v) is 18.9. The molecule has 27 heavy (non-hydrogen) atoms. The van der Waals surface area contributed by atoms with E-state index < -0.39 is 8.32 Å². The molecule has 4 rings (SSSR count). The molecule has 4 fully saturated rings. The molecule has 0 N–H and O–H groups in total. The number of Topliss-reactive ketones (excluding diaryl/α,β-unsaturated/α-hetero) is 1. The van der Waals surface area contributed by atoms with Crippen molar-refractivity contribution in [3.8, 4) is 12.3 Å². The molecule has 0 heterocycles. The van der Waals surface area contributed by atoms with E-state index in [4.69, 9.17) is 10.8 Å². The molecule has 0 aromatic rings. The molecule has 4 aliphatic rings. The van der Waals surface area contributed by atoms with Crippen LogP contribution in [0.15, 0.2) is 0 Å². The number of fused-ring (bicyclic) bond motifs is 5. The molecule has 0 spiro atoms. The highest BCUT2D eigenvalue weighted by molar-refractivity contribution is 6.69. The summed E-state index contributed by atoms with van der Waals surface area (Å²) in [6.45, 7) is 9.24. The lowest BCUT2D eigenvalue weighted by atomic mass is 9.48. The molecule has 4 aliphatic carbocycles. The molecular formula is C24H38O2Si. The lowest BCUT2D eigenvalue weighted by Crippen LogP contribution is -2.57. The highest BCUT2D eigenvalue weighted by atomic mass is 28.4. The number of ketones is 1. The van der Waals surface area contributed by atoms with Crippen LogP contribution in [0.3, 0.4) is 0 Å². The van der Waals surface area contributed by atoms with Crippen LogP contribution in [0.4, 0.5) is 0 Å². The SMILES string of the molecule is C#CC1(O[Si](C)(C)C)CCC2C3CCC4CC(=O)CCC4C3CCC21CC. The van der Waals surface area contributed by atoms with Gasteiger partial charge < -0.3 is 4.43 Å². The maximum atomic E-state index is 12.0. The van der Waals surface area contributed by atoms with E-state index in [9.17, 15) is 4.79 Å². The average Bonchev–Trinajstić information content (AvgIpc) is 2.94. The molecule has 0 bridgehead atoms. The van der Waals surface area contributed by atoms with Gasteiger partial charge in [0.05, 0.1) is 0 Å². The minimum Gasteiger partial charge on any atom is -0.401 e. The first kappa shape index (κ1) is 19.7. The molecule has 150 valence electrons. The first-order chi connectivity index (χ1) is 12.8. The fourth-order valence-corrected chi connectivity index (χ4v) is 9.53. The van der Waals surface area contributed by atoms with E-state index in [0.717, 1.165) is 55.8 Å². The van der Waals surface area contributed by atoms with Crippen molar-refractivity contribution < 1.29 is 9.22 Å². The monoisotopic (exact) mass is 386 g/mol. The third kappa shape index (κ3) is 2.97. The summed E-state index contributed by atoms with van der Waals surface area (Å²) in [6.07, 6.45) is 17.7. The van der Waals surface area contributed by atoms with Gasteiger partial charge in [-0.3, -0.25) is 4.79 Å². The van der Waals surface area contributed by atoms with Crippen LogP contribution in [-0.2, 0) is 9.22 Å². The molecule has 0 radical (unpaired) electrons. The second-order valence-electron chi connectivity index (χ2n) is 11.0. The van der Waals surface area contributed by atoms with Crippen LogP contribution >= 0.6 is 0 Å². The van der Waals surface area contributed by atoms with Crippen LogP contribution in [0.25, 0.3) is 0 Å². The van der Waals surface area contributed by atoms with Gasteiger partial charge in [-0.15, -0.1) is 6.42 Å². The number of hydrogen-bond acceptors (Lipinski definition) is 2. The number of rotatable bonds is 3. The highest BCUT2D eigenvalue weighted by Crippen LogP contribution is 2.67. The Labute approximate surface area is 167 Å². The van der Waals surface area contributed by atoms with Crippen molar-refractivity contribution in [1.82, 2.24) is 0 Å². The summed E-state index contributed by atoms with van der Waals surface area (Å²) in [4.78, 5) is 12.0. The molecule has 0 amide bonds. The van der Waals surface area contributed by atoms with Gasteiger partial charge in [-0.1, -0.05) is 12.8 Å². The minimum atomic E-state index is -1.71. The Balaban J connectivity index is 1.64. The zero-order chi connectivity index (χ0) is 19.4. The Morgan fingerprint density at radius 2 is 1.85 bits per heavy atom. The first-order valence-electron chi connectivity index (χ1n) is 11.4. The quantitative estimate of drug-likeness (QED) is 0.451. The number of hydrogen-bond donors (Lipinski definition) is 0. The Hall–Kier alpha value is -0.593. The summed E-state index contributed by atoms with van der Waals surface area (Å²) in [5.41, 5.74) is -0.151. The predicted octanol–water partition coefficient (Wildman–Crippen LogP) is 5.82. The van der Waals surface area contributed by atoms with Crippen LogP contribution in [0.5, 0.6) is 0 Å². The van der Waals surface area contributed by atoms with Gasteiger partial charge in [0.2, 0.25) is 0 Å². The van der Waals surface area contributed by atoms with Gasteiger partial charge in [0.1, 0.15) is 11.4 Å². The Kier molecular flexibility index (Phi) is 4.92. The van der Waals surface area contributed by atoms with Gasteiger partial charge in [-0.05, 0) is 101 Å². The van der Waals surface area contributed by atoms with Crippen LogP contribution < -0.4 is 0 Å². The van der Waals surface area contributed by atoms with Crippen molar-refractivity contribution in [2.75, 3.05) is 0 Å². The van der Waals surface area contributed by atoms with Gasteiger partial charge >= 0.3 is 0 Å². The van der Waals surface area contributed by atoms with Crippen molar-refractivity contribution in [3.63, 3.8) is 0 Å². The second-order valence-corrected chi connectivity index (χ2v) is 15.4. The topological polar surface area (TPSA) is 26.3 Å². The molecule has 0 aliphatic heterocycles. The average molecular weight is 387 g/mol. The zero-order valence-electron chi connectivity index (χ0n) is 17.9. The summed E-state index contributed by atoms with van der Waals surface area (Å²) in [7, 11) is -1.71. The van der Waals surface area contributed by atoms with Crippen molar-refractivity contribution in [1.29, 1.82) is 0 Å². The van der Waals surface area contributed by atoms with E-state index >= 15 is 0 Å². The van der Waals surface area contributed by atoms with E-state index in [0.29, 0.717) is 11.7 Å². The normalized spacial score (nSPS) is 46.9. The van der Waals surface area contributed by atoms with Crippen molar-refractivity contribution in [3.05, 3.63) is 0 Å². The summed E-state index contributed by atoms with van der Waals surface area (Å²) >= 11 is 0. The molecule has 0 saturated heterocycles. The minimum absolute atomic E-state index is 0.181. The number of carbonyl (C=O) groups is 1. The van der Waals surface area contributed by atoms with Crippen LogP contribution in [0.1, 0.15) is 71.1 Å². The fourth-order valence-electron chi connectivity index (χ4n) is 8.12. The molecule has 2 nitrogen and oxygen atoms in total. The second kappa shape index (κ2) is 6.73. The lowest BCUT2D eigenvalue weighted by Gasteiger charge is -2.58. The molecule has 3 heteroatoms. The number of terminal acetylenes is 1. The maximum absolute atomic E-state index is 12.0. The predicted molar refractivity (Wildman–Crippen MR) is 113 cm³/mol. The van der Waals surface area contributed by atoms with Crippen molar-refractivity contribution >= 4 is 14.1 Å². The molecule has 0 aromatic carbocycles. The summed E-state index contributed by atoms with van der Waals surface area (Å²) in [6, 6.07) is 0. The lowest BCUT2D eigenvalue weighted by molar-refractivity contribution is -0.131. The Morgan fingerprint density at radius 1 is 1.07 bits per heavy atom. The molecule has 7 atom stereocenters. The number of carbonyl (C=O) groups excluding carboxylic acids is 1. The first-order valence-corrected chi connectivity index (χ1v) is 14.9. The van der Waals surface area contributed by atoms with Gasteiger partial charge in [0.25, 0.3) is 0 Å². The third-order valence-corrected chi connectivity index (χ3v) is 9.89. The maximum Gasteiger partial charge on any atom is 0.185 e. The van der Waals surface area contributed by atoms with Crippen molar-refractivity contribution in [2.24, 2.45) is 35.0 Å². The van der Waals surface area contributed by atoms with E-state index in [1.54, 1.807) is 0 Å². The highest BCUT2D eigenvalue weighted by Gasteiger charge is 2.65. The van der Waals surface area contributed by atoms with Gasteiger partial charge in [-0.2, -0.15) is 0 Å². The van der Waals surface area contributed by atoms with E-state index in [1.165, 1.54) is 32.1 Å². The Morgan fingerprint density at radius 3 is 2.52 bits per heavy atom. The van der Waals surface area contributed by atoms with E-state index in [1.807, 2.05) is 0 Å². The largest absolute Gasteiger partial charge is 0.401 e. The summed E-state index contributed by atoms with van der Waals surface area (Å²) in [5, 5.41) is 0. The van der Waals surface area contributed by atoms with Crippen LogP contribution in [0.2, 0.25) is 19.6 Å². The molecular weight excluding hydrogens is 348 g/mol. The van der Waals surface area contributed by atoms with Crippen molar-refractivity contribution in [2.45, 2.75) is 96.4 Å². The van der Waals surface area contributed by atoms with Gasteiger partial charge in [0, 0.05) is 18.3 Å². The third-order valence-electron chi connectivity index (χ3n) is 8.93. The summed E-state index contributed by atoms with van der Waals surface area (Å²) < 4.78 is 6.86. The fraction of sp³-hybridized carbons (Fsp3) is 0.875. The Bertz CT molecular complexity index is 644. The standard InChI is InChI=1S/C24H38O2Si/c1-6-23-14-12-20-19-11-9-18(25)16-17(19)8-10-21(20)22(23)13-15-24(23,7-2)26-27(3,4)5/h2,17,19-22H,6,8-16H2,1,3-5H3. The smallest absolute Gasteiger partial charge is 0.185 e. The summed E-state index contributed by atoms with van der Waals surface area (Å²) in [5.74, 6) is 7.63. The van der Waals surface area contributed by atoms with Gasteiger partial charge in [-0.25, -0.2) is 0 Å². The van der Waals surface area contributed by atoms with Gasteiger partial charge in [0.15, 0.2) is 8.32 Å². The molecule has 4 saturated carbocycles. The molecule has 7 unspecified atom stereocenters. The van der Waals surface area contributed by atoms with Crippen LogP contribution in [-0.4, -0.2) is 19.7 Å². The van der Waals surface area contributed by atoms with Crippen LogP contribution in [0, 0.1) is 47.3 Å². The molecule has 0 aromatic heterocycles. The van der Waals surface area contributed by atoms with E-state index in [-0.39, 0.29) is 11.0 Å². The van der Waals surface area contributed by atoms with E-state index in [2.05, 4.69) is 32.5 Å².